The van der Waals surface area contributed by atoms with E-state index in [4.69, 9.17) is 0 Å². The van der Waals surface area contributed by atoms with Crippen LogP contribution in [0.25, 0.3) is 0 Å². The summed E-state index contributed by atoms with van der Waals surface area (Å²) in [4.78, 5) is 17.2. The number of hydrogen-bond donors (Lipinski definition) is 0. The quantitative estimate of drug-likeness (QED) is 0.757. The molecule has 1 unspecified atom stereocenters. The first kappa shape index (κ1) is 13.6. The standard InChI is InChI=1S/C15H20BrNOS/c16-8-2-5-12-6-3-9-17(12)15(18)14-10-11-4-1-7-13(11)19-14/h10,12H,1-9H2. The van der Waals surface area contributed by atoms with Crippen molar-refractivity contribution >= 4 is 33.2 Å². The highest BCUT2D eigenvalue weighted by Crippen LogP contribution is 2.33. The topological polar surface area (TPSA) is 20.3 Å². The minimum atomic E-state index is 0.288. The fourth-order valence-electron chi connectivity index (χ4n) is 3.29. The number of nitrogens with zero attached hydrogens (tertiary/aromatic N) is 1. The van der Waals surface area contributed by atoms with Gasteiger partial charge in [-0.25, -0.2) is 0 Å². The first-order valence-corrected chi connectivity index (χ1v) is 9.22. The summed E-state index contributed by atoms with van der Waals surface area (Å²) >= 11 is 5.23. The number of hydrogen-bond acceptors (Lipinski definition) is 2. The number of aryl methyl sites for hydroxylation is 2. The first-order chi connectivity index (χ1) is 9.29. The van der Waals surface area contributed by atoms with Crippen LogP contribution in [-0.2, 0) is 12.8 Å². The summed E-state index contributed by atoms with van der Waals surface area (Å²) < 4.78 is 0. The minimum absolute atomic E-state index is 0.288. The Balaban J connectivity index is 1.71. The van der Waals surface area contributed by atoms with Gasteiger partial charge in [-0.3, -0.25) is 4.79 Å². The molecule has 3 rings (SSSR count). The van der Waals surface area contributed by atoms with Crippen LogP contribution in [0.15, 0.2) is 6.07 Å². The highest BCUT2D eigenvalue weighted by atomic mass is 79.9. The summed E-state index contributed by atoms with van der Waals surface area (Å²) in [6, 6.07) is 2.64. The Hall–Kier alpha value is -0.350. The van der Waals surface area contributed by atoms with E-state index < -0.39 is 0 Å². The summed E-state index contributed by atoms with van der Waals surface area (Å²) in [7, 11) is 0. The van der Waals surface area contributed by atoms with Gasteiger partial charge in [-0.15, -0.1) is 11.3 Å². The van der Waals surface area contributed by atoms with Gasteiger partial charge in [0, 0.05) is 22.8 Å². The molecule has 1 aliphatic heterocycles. The van der Waals surface area contributed by atoms with Crippen molar-refractivity contribution in [2.45, 2.75) is 51.0 Å². The number of likely N-dealkylation sites (tertiary alicyclic amines) is 1. The molecule has 1 fully saturated rings. The van der Waals surface area contributed by atoms with Crippen LogP contribution in [0.2, 0.25) is 0 Å². The van der Waals surface area contributed by atoms with Crippen LogP contribution in [0.4, 0.5) is 0 Å². The van der Waals surface area contributed by atoms with Crippen molar-refractivity contribution in [3.8, 4) is 0 Å². The van der Waals surface area contributed by atoms with Gasteiger partial charge in [-0.1, -0.05) is 15.9 Å². The summed E-state index contributed by atoms with van der Waals surface area (Å²) in [5.74, 6) is 0.288. The lowest BCUT2D eigenvalue weighted by molar-refractivity contribution is 0.0735. The van der Waals surface area contributed by atoms with E-state index in [-0.39, 0.29) is 5.91 Å². The Labute approximate surface area is 127 Å². The van der Waals surface area contributed by atoms with Gasteiger partial charge in [0.05, 0.1) is 4.88 Å². The van der Waals surface area contributed by atoms with Crippen molar-refractivity contribution in [3.05, 3.63) is 21.4 Å². The van der Waals surface area contributed by atoms with Crippen LogP contribution in [0.3, 0.4) is 0 Å². The van der Waals surface area contributed by atoms with E-state index in [9.17, 15) is 4.79 Å². The van der Waals surface area contributed by atoms with Crippen molar-refractivity contribution in [1.82, 2.24) is 4.90 Å². The molecule has 104 valence electrons. The van der Waals surface area contributed by atoms with Crippen molar-refractivity contribution < 1.29 is 4.79 Å². The Morgan fingerprint density at radius 3 is 3.11 bits per heavy atom. The number of rotatable bonds is 4. The molecule has 19 heavy (non-hydrogen) atoms. The number of fused-ring (bicyclic) bond motifs is 1. The number of thiophene rings is 1. The zero-order valence-corrected chi connectivity index (χ0v) is 13.6. The van der Waals surface area contributed by atoms with Gasteiger partial charge in [0.2, 0.25) is 0 Å². The third kappa shape index (κ3) is 2.75. The Bertz CT molecular complexity index is 449. The van der Waals surface area contributed by atoms with Crippen LogP contribution in [-0.4, -0.2) is 28.7 Å². The summed E-state index contributed by atoms with van der Waals surface area (Å²) in [6.07, 6.45) is 8.28. The monoisotopic (exact) mass is 341 g/mol. The van der Waals surface area contributed by atoms with Gasteiger partial charge in [0.25, 0.3) is 5.91 Å². The molecule has 1 atom stereocenters. The largest absolute Gasteiger partial charge is 0.335 e. The number of carbonyl (C=O) groups excluding carboxylic acids is 1. The lowest BCUT2D eigenvalue weighted by Gasteiger charge is -2.24. The molecule has 2 nitrogen and oxygen atoms in total. The highest BCUT2D eigenvalue weighted by Gasteiger charge is 2.30. The maximum Gasteiger partial charge on any atom is 0.264 e. The second kappa shape index (κ2) is 5.96. The second-order valence-electron chi connectivity index (χ2n) is 5.54. The van der Waals surface area contributed by atoms with Crippen LogP contribution >= 0.6 is 27.3 Å². The van der Waals surface area contributed by atoms with Crippen molar-refractivity contribution in [3.63, 3.8) is 0 Å². The molecule has 0 saturated carbocycles. The predicted molar refractivity (Wildman–Crippen MR) is 83.4 cm³/mol. The van der Waals surface area contributed by atoms with E-state index in [2.05, 4.69) is 26.9 Å². The first-order valence-electron chi connectivity index (χ1n) is 7.28. The molecular weight excluding hydrogens is 322 g/mol. The number of halogens is 1. The molecule has 0 N–H and O–H groups in total. The normalized spacial score (nSPS) is 21.9. The van der Waals surface area contributed by atoms with E-state index in [1.165, 1.54) is 42.5 Å². The fourth-order valence-corrected chi connectivity index (χ4v) is 4.83. The van der Waals surface area contributed by atoms with Crippen molar-refractivity contribution in [2.75, 3.05) is 11.9 Å². The number of amides is 1. The number of carbonyl (C=O) groups is 1. The molecule has 0 spiro atoms. The average Bonchev–Trinajstić information content (AvgIpc) is 3.09. The van der Waals surface area contributed by atoms with Crippen LogP contribution in [0.5, 0.6) is 0 Å². The molecule has 4 heteroatoms. The second-order valence-corrected chi connectivity index (χ2v) is 7.47. The van der Waals surface area contributed by atoms with Gasteiger partial charge in [0.15, 0.2) is 0 Å². The van der Waals surface area contributed by atoms with E-state index in [0.717, 1.165) is 29.6 Å². The Morgan fingerprint density at radius 1 is 1.42 bits per heavy atom. The smallest absolute Gasteiger partial charge is 0.264 e. The maximum absolute atomic E-state index is 12.7. The Morgan fingerprint density at radius 2 is 2.32 bits per heavy atom. The lowest BCUT2D eigenvalue weighted by atomic mass is 10.1. The molecule has 1 aromatic rings. The molecular formula is C15H20BrNOS. The van der Waals surface area contributed by atoms with E-state index in [0.29, 0.717) is 6.04 Å². The lowest BCUT2D eigenvalue weighted by Crippen LogP contribution is -2.35. The fraction of sp³-hybridized carbons (Fsp3) is 0.667. The predicted octanol–water partition coefficient (Wildman–Crippen LogP) is 4.02. The summed E-state index contributed by atoms with van der Waals surface area (Å²) in [5.41, 5.74) is 1.43. The maximum atomic E-state index is 12.7. The third-order valence-electron chi connectivity index (χ3n) is 4.27. The van der Waals surface area contributed by atoms with E-state index in [1.807, 2.05) is 0 Å². The summed E-state index contributed by atoms with van der Waals surface area (Å²) in [6.45, 7) is 0.953. The number of alkyl halides is 1. The Kier molecular flexibility index (Phi) is 4.27. The van der Waals surface area contributed by atoms with Crippen LogP contribution in [0.1, 0.15) is 52.2 Å². The van der Waals surface area contributed by atoms with Crippen LogP contribution < -0.4 is 0 Å². The molecule has 1 aromatic heterocycles. The molecule has 2 aliphatic rings. The van der Waals surface area contributed by atoms with Crippen LogP contribution in [0, 0.1) is 0 Å². The molecule has 0 radical (unpaired) electrons. The summed E-state index contributed by atoms with van der Waals surface area (Å²) in [5, 5.41) is 1.04. The molecule has 1 aliphatic carbocycles. The van der Waals surface area contributed by atoms with Crippen molar-refractivity contribution in [2.24, 2.45) is 0 Å². The van der Waals surface area contributed by atoms with E-state index in [1.54, 1.807) is 11.3 Å². The molecule has 0 bridgehead atoms. The molecule has 1 amide bonds. The molecule has 2 heterocycles. The van der Waals surface area contributed by atoms with Gasteiger partial charge in [0.1, 0.15) is 0 Å². The van der Waals surface area contributed by atoms with E-state index >= 15 is 0 Å². The van der Waals surface area contributed by atoms with Crippen molar-refractivity contribution in [1.29, 1.82) is 0 Å². The zero-order valence-electron chi connectivity index (χ0n) is 11.2. The third-order valence-corrected chi connectivity index (χ3v) is 6.05. The van der Waals surface area contributed by atoms with Gasteiger partial charge in [-0.05, 0) is 56.6 Å². The SMILES string of the molecule is O=C(c1cc2c(s1)CCC2)N1CCCC1CCCBr. The minimum Gasteiger partial charge on any atom is -0.335 e. The highest BCUT2D eigenvalue weighted by molar-refractivity contribution is 9.09. The average molecular weight is 342 g/mol. The zero-order chi connectivity index (χ0) is 13.2. The van der Waals surface area contributed by atoms with Gasteiger partial charge < -0.3 is 4.90 Å². The van der Waals surface area contributed by atoms with Gasteiger partial charge in [-0.2, -0.15) is 0 Å². The molecule has 1 saturated heterocycles. The molecule has 0 aromatic carbocycles. The van der Waals surface area contributed by atoms with Gasteiger partial charge >= 0.3 is 0 Å².